The van der Waals surface area contributed by atoms with E-state index >= 15 is 0 Å². The van der Waals surface area contributed by atoms with Gasteiger partial charge < -0.3 is 9.80 Å². The summed E-state index contributed by atoms with van der Waals surface area (Å²) in [7, 11) is 0. The van der Waals surface area contributed by atoms with Crippen LogP contribution in [0.15, 0.2) is 194 Å². The third kappa shape index (κ3) is 9.10. The molecule has 0 unspecified atom stereocenters. The Hall–Kier alpha value is -7.16. The number of benzene rings is 8. The van der Waals surface area contributed by atoms with Crippen LogP contribution in [0.25, 0.3) is 35.4 Å². The van der Waals surface area contributed by atoms with E-state index < -0.39 is 0 Å². The van der Waals surface area contributed by atoms with E-state index in [9.17, 15) is 0 Å². The number of hydrogen-bond acceptors (Lipinski definition) is 2. The molecule has 0 saturated heterocycles. The summed E-state index contributed by atoms with van der Waals surface area (Å²) in [6.07, 6.45) is 8.68. The van der Waals surface area contributed by atoms with Crippen LogP contribution in [0.5, 0.6) is 0 Å². The highest BCUT2D eigenvalue weighted by molar-refractivity contribution is 5.82. The van der Waals surface area contributed by atoms with Gasteiger partial charge in [0.2, 0.25) is 0 Å². The topological polar surface area (TPSA) is 6.48 Å². The minimum Gasteiger partial charge on any atom is -0.311 e. The fraction of sp³-hybridized carbons (Fsp3) is 0.0714. The van der Waals surface area contributed by atoms with Crippen LogP contribution >= 0.6 is 0 Å². The number of nitrogens with zero attached hydrogens (tertiary/aromatic N) is 2. The molecule has 0 aromatic heterocycles. The summed E-state index contributed by atoms with van der Waals surface area (Å²) >= 11 is 0. The van der Waals surface area contributed by atoms with Crippen LogP contribution in [0.4, 0.5) is 34.1 Å². The fourth-order valence-corrected chi connectivity index (χ4v) is 7.10. The SMILES string of the molecule is Cc1ccc(C=Cc2ccc(N(c3ccc(C)cc3)c3ccc(-c4ccc(N(c5ccc(C)cc5)c5ccc(C=Cc6ccc(C)cc6)cc5)cc4)cc3)cc2)cc1. The zero-order chi connectivity index (χ0) is 39.8. The van der Waals surface area contributed by atoms with Gasteiger partial charge in [-0.15, -0.1) is 0 Å². The van der Waals surface area contributed by atoms with E-state index in [1.807, 2.05) is 0 Å². The Kier molecular flexibility index (Phi) is 11.3. The molecular weight excluding hydrogens is 701 g/mol. The molecule has 0 amide bonds. The molecule has 0 saturated carbocycles. The van der Waals surface area contributed by atoms with Crippen molar-refractivity contribution in [1.29, 1.82) is 0 Å². The number of aryl methyl sites for hydroxylation is 4. The Labute approximate surface area is 344 Å². The normalized spacial score (nSPS) is 11.3. The van der Waals surface area contributed by atoms with E-state index in [2.05, 4.69) is 256 Å². The highest BCUT2D eigenvalue weighted by atomic mass is 15.1. The minimum atomic E-state index is 1.11. The van der Waals surface area contributed by atoms with Gasteiger partial charge in [0.15, 0.2) is 0 Å². The molecule has 0 heterocycles. The summed E-state index contributed by atoms with van der Waals surface area (Å²) in [4.78, 5) is 4.64. The van der Waals surface area contributed by atoms with Gasteiger partial charge in [0.05, 0.1) is 0 Å². The van der Waals surface area contributed by atoms with Crippen LogP contribution in [0.2, 0.25) is 0 Å². The van der Waals surface area contributed by atoms with Gasteiger partial charge in [0, 0.05) is 34.1 Å². The Balaban J connectivity index is 1.04. The van der Waals surface area contributed by atoms with E-state index in [1.54, 1.807) is 0 Å². The Morgan fingerprint density at radius 1 is 0.224 bits per heavy atom. The third-order valence-corrected chi connectivity index (χ3v) is 10.6. The zero-order valence-electron chi connectivity index (χ0n) is 33.7. The Morgan fingerprint density at radius 2 is 0.397 bits per heavy atom. The van der Waals surface area contributed by atoms with E-state index in [0.717, 1.165) is 45.3 Å². The quantitative estimate of drug-likeness (QED) is 0.122. The average Bonchev–Trinajstić information content (AvgIpc) is 3.26. The van der Waals surface area contributed by atoms with Crippen LogP contribution in [-0.4, -0.2) is 0 Å². The van der Waals surface area contributed by atoms with Crippen LogP contribution in [0.1, 0.15) is 44.5 Å². The van der Waals surface area contributed by atoms with Gasteiger partial charge in [-0.2, -0.15) is 0 Å². The van der Waals surface area contributed by atoms with Crippen molar-refractivity contribution in [3.05, 3.63) is 239 Å². The molecule has 58 heavy (non-hydrogen) atoms. The van der Waals surface area contributed by atoms with Gasteiger partial charge >= 0.3 is 0 Å². The molecule has 0 aliphatic heterocycles. The second-order valence-corrected chi connectivity index (χ2v) is 15.1. The minimum absolute atomic E-state index is 1.11. The van der Waals surface area contributed by atoms with Crippen molar-refractivity contribution < 1.29 is 0 Å². The maximum atomic E-state index is 2.32. The van der Waals surface area contributed by atoms with E-state index in [1.165, 1.54) is 44.5 Å². The molecule has 2 heteroatoms. The molecule has 0 spiro atoms. The molecule has 8 rings (SSSR count). The van der Waals surface area contributed by atoms with E-state index in [4.69, 9.17) is 0 Å². The maximum absolute atomic E-state index is 2.32. The van der Waals surface area contributed by atoms with Crippen molar-refractivity contribution in [2.24, 2.45) is 0 Å². The average molecular weight is 749 g/mol. The smallest absolute Gasteiger partial charge is 0.0462 e. The molecular formula is C56H48N2. The number of rotatable bonds is 11. The summed E-state index contributed by atoms with van der Waals surface area (Å²) in [5.74, 6) is 0. The monoisotopic (exact) mass is 748 g/mol. The lowest BCUT2D eigenvalue weighted by molar-refractivity contribution is 1.27. The number of hydrogen-bond donors (Lipinski definition) is 0. The highest BCUT2D eigenvalue weighted by Gasteiger charge is 2.15. The second-order valence-electron chi connectivity index (χ2n) is 15.1. The zero-order valence-corrected chi connectivity index (χ0v) is 33.7. The van der Waals surface area contributed by atoms with Gasteiger partial charge in [-0.25, -0.2) is 0 Å². The number of anilines is 6. The summed E-state index contributed by atoms with van der Waals surface area (Å²) in [6.45, 7) is 8.49. The van der Waals surface area contributed by atoms with Crippen molar-refractivity contribution in [3.63, 3.8) is 0 Å². The van der Waals surface area contributed by atoms with Gasteiger partial charge in [-0.05, 0) is 134 Å². The highest BCUT2D eigenvalue weighted by Crippen LogP contribution is 2.38. The van der Waals surface area contributed by atoms with Crippen molar-refractivity contribution in [3.8, 4) is 11.1 Å². The Morgan fingerprint density at radius 3 is 0.638 bits per heavy atom. The van der Waals surface area contributed by atoms with Crippen molar-refractivity contribution in [2.75, 3.05) is 9.80 Å². The first-order valence-corrected chi connectivity index (χ1v) is 20.0. The molecule has 8 aromatic rings. The van der Waals surface area contributed by atoms with Crippen LogP contribution in [-0.2, 0) is 0 Å². The lowest BCUT2D eigenvalue weighted by Gasteiger charge is -2.26. The standard InChI is InChI=1S/C56H48N2/c1-41-5-13-45(14-6-41)17-19-47-21-33-53(34-22-47)57(51-29-9-43(3)10-30-51)55-37-25-49(26-38-55)50-27-39-56(40-28-50)58(52-31-11-44(4)12-32-52)54-35-23-48(24-36-54)20-18-46-15-7-42(2)8-16-46/h5-40H,1-4H3. The van der Waals surface area contributed by atoms with Crippen molar-refractivity contribution in [2.45, 2.75) is 27.7 Å². The molecule has 2 nitrogen and oxygen atoms in total. The predicted octanol–water partition coefficient (Wildman–Crippen LogP) is 15.9. The lowest BCUT2D eigenvalue weighted by Crippen LogP contribution is -2.10. The summed E-state index contributed by atoms with van der Waals surface area (Å²) < 4.78 is 0. The molecule has 0 atom stereocenters. The molecule has 0 aliphatic carbocycles. The summed E-state index contributed by atoms with van der Waals surface area (Å²) in [6, 6.07) is 70.1. The Bertz CT molecular complexity index is 2420. The third-order valence-electron chi connectivity index (χ3n) is 10.6. The van der Waals surface area contributed by atoms with Crippen molar-refractivity contribution in [1.82, 2.24) is 0 Å². The largest absolute Gasteiger partial charge is 0.311 e. The first-order chi connectivity index (χ1) is 28.3. The van der Waals surface area contributed by atoms with Crippen LogP contribution in [0.3, 0.4) is 0 Å². The van der Waals surface area contributed by atoms with Gasteiger partial charge in [0.1, 0.15) is 0 Å². The van der Waals surface area contributed by atoms with Gasteiger partial charge in [-0.1, -0.05) is 168 Å². The fourth-order valence-electron chi connectivity index (χ4n) is 7.10. The van der Waals surface area contributed by atoms with E-state index in [0.29, 0.717) is 0 Å². The maximum Gasteiger partial charge on any atom is 0.0462 e. The summed E-state index contributed by atoms with van der Waals surface area (Å²) in [5.41, 5.74) is 18.8. The predicted molar refractivity (Wildman–Crippen MR) is 251 cm³/mol. The van der Waals surface area contributed by atoms with Crippen LogP contribution < -0.4 is 9.80 Å². The first-order valence-electron chi connectivity index (χ1n) is 20.0. The van der Waals surface area contributed by atoms with Crippen LogP contribution in [0, 0.1) is 27.7 Å². The van der Waals surface area contributed by atoms with E-state index in [-0.39, 0.29) is 0 Å². The molecule has 0 aliphatic rings. The molecule has 0 fully saturated rings. The lowest BCUT2D eigenvalue weighted by atomic mass is 10.0. The van der Waals surface area contributed by atoms with Crippen molar-refractivity contribution >= 4 is 58.4 Å². The second kappa shape index (κ2) is 17.3. The molecule has 282 valence electrons. The molecule has 8 aromatic carbocycles. The first kappa shape index (κ1) is 37.7. The van der Waals surface area contributed by atoms with Gasteiger partial charge in [0.25, 0.3) is 0 Å². The molecule has 0 N–H and O–H groups in total. The summed E-state index contributed by atoms with van der Waals surface area (Å²) in [5, 5.41) is 0. The van der Waals surface area contributed by atoms with Gasteiger partial charge in [-0.3, -0.25) is 0 Å². The molecule has 0 radical (unpaired) electrons. The molecule has 0 bridgehead atoms.